The van der Waals surface area contributed by atoms with Gasteiger partial charge in [-0.15, -0.1) is 0 Å². The van der Waals surface area contributed by atoms with E-state index < -0.39 is 0 Å². The van der Waals surface area contributed by atoms with Crippen molar-refractivity contribution in [1.29, 1.82) is 0 Å². The van der Waals surface area contributed by atoms with Crippen molar-refractivity contribution in [3.8, 4) is 11.5 Å². The van der Waals surface area contributed by atoms with Crippen LogP contribution in [0.2, 0.25) is 0 Å². The zero-order valence-corrected chi connectivity index (χ0v) is 14.9. The quantitative estimate of drug-likeness (QED) is 0.623. The van der Waals surface area contributed by atoms with Gasteiger partial charge in [0, 0.05) is 11.4 Å². The van der Waals surface area contributed by atoms with Gasteiger partial charge in [-0.05, 0) is 55.0 Å². The second-order valence-corrected chi connectivity index (χ2v) is 6.03. The molecule has 3 rings (SSSR count). The van der Waals surface area contributed by atoms with Gasteiger partial charge in [0.2, 0.25) is 11.8 Å². The molecule has 2 amide bonds. The van der Waals surface area contributed by atoms with Gasteiger partial charge in [0.25, 0.3) is 0 Å². The van der Waals surface area contributed by atoms with E-state index in [1.807, 2.05) is 55.5 Å². The van der Waals surface area contributed by atoms with Crippen LogP contribution in [0, 0.1) is 6.92 Å². The summed E-state index contributed by atoms with van der Waals surface area (Å²) in [5.74, 6) is 0.669. The highest BCUT2D eigenvalue weighted by atomic mass is 16.5. The number of hydrogen-bond acceptors (Lipinski definition) is 3. The van der Waals surface area contributed by atoms with E-state index in [1.54, 1.807) is 30.3 Å². The van der Waals surface area contributed by atoms with Gasteiger partial charge in [-0.25, -0.2) is 0 Å². The van der Waals surface area contributed by atoms with Gasteiger partial charge in [-0.3, -0.25) is 9.59 Å². The molecule has 0 heterocycles. The van der Waals surface area contributed by atoms with Crippen molar-refractivity contribution in [1.82, 2.24) is 0 Å². The van der Waals surface area contributed by atoms with Crippen LogP contribution in [0.1, 0.15) is 12.0 Å². The van der Waals surface area contributed by atoms with Crippen LogP contribution in [0.5, 0.6) is 11.5 Å². The minimum Gasteiger partial charge on any atom is -0.457 e. The Hall–Kier alpha value is -3.60. The molecule has 0 saturated carbocycles. The molecule has 0 aliphatic carbocycles. The molecule has 27 heavy (non-hydrogen) atoms. The van der Waals surface area contributed by atoms with Crippen molar-refractivity contribution in [2.45, 2.75) is 13.3 Å². The standard InChI is InChI=1S/C22H20N2O3/c1-16-7-5-6-10-20(16)24-22(26)15-21(25)23-17-11-13-19(14-12-17)27-18-8-3-2-4-9-18/h2-14H,15H2,1H3,(H,23,25)(H,24,26). The lowest BCUT2D eigenvalue weighted by Gasteiger charge is -2.09. The third kappa shape index (κ3) is 5.44. The van der Waals surface area contributed by atoms with Crippen LogP contribution in [0.4, 0.5) is 11.4 Å². The van der Waals surface area contributed by atoms with Gasteiger partial charge < -0.3 is 15.4 Å². The molecule has 0 aliphatic heterocycles. The summed E-state index contributed by atoms with van der Waals surface area (Å²) < 4.78 is 5.70. The van der Waals surface area contributed by atoms with Crippen LogP contribution in [-0.4, -0.2) is 11.8 Å². The van der Waals surface area contributed by atoms with E-state index in [-0.39, 0.29) is 18.2 Å². The summed E-state index contributed by atoms with van der Waals surface area (Å²) in [6, 6.07) is 23.8. The minimum atomic E-state index is -0.377. The molecule has 0 saturated heterocycles. The molecular formula is C22H20N2O3. The summed E-state index contributed by atoms with van der Waals surface area (Å²) in [6.45, 7) is 1.90. The molecule has 0 aromatic heterocycles. The number of benzene rings is 3. The first-order valence-electron chi connectivity index (χ1n) is 8.58. The van der Waals surface area contributed by atoms with Crippen molar-refractivity contribution < 1.29 is 14.3 Å². The molecule has 0 spiro atoms. The van der Waals surface area contributed by atoms with Crippen molar-refractivity contribution in [3.63, 3.8) is 0 Å². The zero-order chi connectivity index (χ0) is 19.1. The van der Waals surface area contributed by atoms with Crippen LogP contribution in [0.25, 0.3) is 0 Å². The average molecular weight is 360 g/mol. The number of anilines is 2. The zero-order valence-electron chi connectivity index (χ0n) is 14.9. The first kappa shape index (κ1) is 18.2. The van der Waals surface area contributed by atoms with Gasteiger partial charge >= 0.3 is 0 Å². The van der Waals surface area contributed by atoms with E-state index in [9.17, 15) is 9.59 Å². The Morgan fingerprint density at radius 2 is 1.33 bits per heavy atom. The van der Waals surface area contributed by atoms with Crippen LogP contribution in [0.3, 0.4) is 0 Å². The Labute approximate surface area is 158 Å². The number of amides is 2. The second kappa shape index (κ2) is 8.67. The molecule has 5 nitrogen and oxygen atoms in total. The van der Waals surface area contributed by atoms with Crippen LogP contribution in [0.15, 0.2) is 78.9 Å². The molecule has 2 N–H and O–H groups in total. The summed E-state index contributed by atoms with van der Waals surface area (Å²) in [5.41, 5.74) is 2.25. The molecule has 0 fully saturated rings. The maximum atomic E-state index is 12.1. The van der Waals surface area contributed by atoms with Crippen LogP contribution < -0.4 is 15.4 Å². The number of hydrogen-bond donors (Lipinski definition) is 2. The highest BCUT2D eigenvalue weighted by Crippen LogP contribution is 2.22. The third-order valence-corrected chi connectivity index (χ3v) is 3.86. The summed E-state index contributed by atoms with van der Waals surface area (Å²) in [7, 11) is 0. The molecule has 0 atom stereocenters. The molecule has 3 aromatic carbocycles. The molecule has 3 aromatic rings. The smallest absolute Gasteiger partial charge is 0.233 e. The number of carbonyl (C=O) groups excluding carboxylic acids is 2. The molecule has 0 radical (unpaired) electrons. The Kier molecular flexibility index (Phi) is 5.84. The fourth-order valence-corrected chi connectivity index (χ4v) is 2.49. The summed E-state index contributed by atoms with van der Waals surface area (Å²) in [4.78, 5) is 24.1. The molecule has 5 heteroatoms. The number of carbonyl (C=O) groups is 2. The van der Waals surface area contributed by atoms with Crippen molar-refractivity contribution in [2.75, 3.05) is 10.6 Å². The minimum absolute atomic E-state index is 0.253. The molecule has 0 aliphatic rings. The maximum absolute atomic E-state index is 12.1. The van der Waals surface area contributed by atoms with Gasteiger partial charge in [0.05, 0.1) is 0 Å². The topological polar surface area (TPSA) is 67.4 Å². The molecule has 136 valence electrons. The first-order valence-corrected chi connectivity index (χ1v) is 8.58. The Morgan fingerprint density at radius 3 is 2.04 bits per heavy atom. The van der Waals surface area contributed by atoms with E-state index in [1.165, 1.54) is 0 Å². The second-order valence-electron chi connectivity index (χ2n) is 6.03. The fourth-order valence-electron chi connectivity index (χ4n) is 2.49. The number of para-hydroxylation sites is 2. The van der Waals surface area contributed by atoms with E-state index in [4.69, 9.17) is 4.74 Å². The lowest BCUT2D eigenvalue weighted by Crippen LogP contribution is -2.21. The lowest BCUT2D eigenvalue weighted by atomic mass is 10.2. The number of ether oxygens (including phenoxy) is 1. The molecule has 0 unspecified atom stereocenters. The predicted octanol–water partition coefficient (Wildman–Crippen LogP) is 4.75. The van der Waals surface area contributed by atoms with Crippen LogP contribution in [-0.2, 0) is 9.59 Å². The van der Waals surface area contributed by atoms with Gasteiger partial charge in [0.15, 0.2) is 0 Å². The van der Waals surface area contributed by atoms with Crippen molar-refractivity contribution in [3.05, 3.63) is 84.4 Å². The van der Waals surface area contributed by atoms with E-state index in [2.05, 4.69) is 10.6 Å². The summed E-state index contributed by atoms with van der Waals surface area (Å²) >= 11 is 0. The Bertz CT molecular complexity index is 922. The monoisotopic (exact) mass is 360 g/mol. The van der Waals surface area contributed by atoms with E-state index >= 15 is 0 Å². The predicted molar refractivity (Wildman–Crippen MR) is 106 cm³/mol. The highest BCUT2D eigenvalue weighted by Gasteiger charge is 2.11. The molecular weight excluding hydrogens is 340 g/mol. The van der Waals surface area contributed by atoms with E-state index in [0.29, 0.717) is 17.1 Å². The number of nitrogens with one attached hydrogen (secondary N) is 2. The Balaban J connectivity index is 1.51. The third-order valence-electron chi connectivity index (χ3n) is 3.86. The van der Waals surface area contributed by atoms with Crippen LogP contribution >= 0.6 is 0 Å². The van der Waals surface area contributed by atoms with Gasteiger partial charge in [-0.1, -0.05) is 36.4 Å². The van der Waals surface area contributed by atoms with Gasteiger partial charge in [0.1, 0.15) is 17.9 Å². The average Bonchev–Trinajstić information content (AvgIpc) is 2.66. The number of rotatable bonds is 6. The maximum Gasteiger partial charge on any atom is 0.233 e. The Morgan fingerprint density at radius 1 is 0.741 bits per heavy atom. The van der Waals surface area contributed by atoms with Crippen molar-refractivity contribution >= 4 is 23.2 Å². The SMILES string of the molecule is Cc1ccccc1NC(=O)CC(=O)Nc1ccc(Oc2ccccc2)cc1. The molecule has 0 bridgehead atoms. The summed E-state index contributed by atoms with van der Waals surface area (Å²) in [5, 5.41) is 5.45. The first-order chi connectivity index (χ1) is 13.1. The normalized spacial score (nSPS) is 10.1. The van der Waals surface area contributed by atoms with Gasteiger partial charge in [-0.2, -0.15) is 0 Å². The highest BCUT2D eigenvalue weighted by molar-refractivity contribution is 6.08. The fraction of sp³-hybridized carbons (Fsp3) is 0.0909. The largest absolute Gasteiger partial charge is 0.457 e. The number of aryl methyl sites for hydroxylation is 1. The van der Waals surface area contributed by atoms with E-state index in [0.717, 1.165) is 11.3 Å². The lowest BCUT2D eigenvalue weighted by molar-refractivity contribution is -0.123. The van der Waals surface area contributed by atoms with Crippen molar-refractivity contribution in [2.24, 2.45) is 0 Å². The summed E-state index contributed by atoms with van der Waals surface area (Å²) in [6.07, 6.45) is -0.253.